The van der Waals surface area contributed by atoms with Crippen LogP contribution >= 0.6 is 0 Å². The lowest BCUT2D eigenvalue weighted by Gasteiger charge is -2.38. The Morgan fingerprint density at radius 2 is 2.05 bits per heavy atom. The largest absolute Gasteiger partial charge is 0.468 e. The molecule has 0 aromatic heterocycles. The van der Waals surface area contributed by atoms with E-state index in [4.69, 9.17) is 14.2 Å². The summed E-state index contributed by atoms with van der Waals surface area (Å²) in [4.78, 5) is 12.4. The summed E-state index contributed by atoms with van der Waals surface area (Å²) < 4.78 is 16.8. The van der Waals surface area contributed by atoms with Crippen LogP contribution in [0.2, 0.25) is 0 Å². The van der Waals surface area contributed by atoms with Crippen LogP contribution in [0.25, 0.3) is 0 Å². The van der Waals surface area contributed by atoms with Gasteiger partial charge < -0.3 is 14.2 Å². The maximum Gasteiger partial charge on any atom is 0.329 e. The second kappa shape index (κ2) is 5.28. The minimum absolute atomic E-state index is 0.177. The van der Waals surface area contributed by atoms with Crippen molar-refractivity contribution < 1.29 is 19.0 Å². The van der Waals surface area contributed by atoms with E-state index >= 15 is 0 Å². The molecule has 0 bridgehead atoms. The summed E-state index contributed by atoms with van der Waals surface area (Å²) in [7, 11) is 1.43. The average molecular weight is 285 g/mol. The molecule has 2 aliphatic heterocycles. The fourth-order valence-corrected chi connectivity index (χ4v) is 3.60. The zero-order valence-corrected chi connectivity index (χ0v) is 13.2. The average Bonchev–Trinajstić information content (AvgIpc) is 2.90. The fraction of sp³-hybridized carbons (Fsp3) is 0.933. The third-order valence-electron chi connectivity index (χ3n) is 4.44. The van der Waals surface area contributed by atoms with Crippen LogP contribution in [0.1, 0.15) is 47.0 Å². The molecule has 0 amide bonds. The van der Waals surface area contributed by atoms with Crippen molar-refractivity contribution in [1.29, 1.82) is 0 Å². The van der Waals surface area contributed by atoms with E-state index in [9.17, 15) is 4.79 Å². The molecule has 2 saturated heterocycles. The van der Waals surface area contributed by atoms with Crippen molar-refractivity contribution in [3.63, 3.8) is 0 Å². The number of nitrogens with one attached hydrogen (secondary N) is 1. The van der Waals surface area contributed by atoms with Crippen molar-refractivity contribution in [2.45, 2.75) is 69.8 Å². The monoisotopic (exact) mass is 285 g/mol. The Hall–Kier alpha value is -0.650. The van der Waals surface area contributed by atoms with Crippen molar-refractivity contribution in [3.05, 3.63) is 0 Å². The molecular formula is C15H27NO4. The molecule has 1 N–H and O–H groups in total. The molecule has 2 heterocycles. The van der Waals surface area contributed by atoms with E-state index in [1.54, 1.807) is 0 Å². The van der Waals surface area contributed by atoms with Gasteiger partial charge >= 0.3 is 5.97 Å². The third kappa shape index (κ3) is 2.71. The summed E-state index contributed by atoms with van der Waals surface area (Å²) in [5.74, 6) is -0.258. The van der Waals surface area contributed by atoms with Crippen LogP contribution in [-0.2, 0) is 19.0 Å². The second-order valence-corrected chi connectivity index (χ2v) is 6.96. The molecule has 116 valence electrons. The van der Waals surface area contributed by atoms with Crippen molar-refractivity contribution in [2.75, 3.05) is 20.3 Å². The van der Waals surface area contributed by atoms with Gasteiger partial charge in [-0.3, -0.25) is 5.32 Å². The standard InChI is InChI=1S/C15H27NO4/c1-13(2)10-15(12(17)18-5,14(3,4)20-13)16-9-11-7-6-8-19-11/h11,16H,6-10H2,1-5H3. The van der Waals surface area contributed by atoms with E-state index in [2.05, 4.69) is 5.32 Å². The van der Waals surface area contributed by atoms with Gasteiger partial charge in [-0.2, -0.15) is 0 Å². The Labute approximate surface area is 121 Å². The SMILES string of the molecule is COC(=O)C1(NCC2CCCO2)CC(C)(C)OC1(C)C. The minimum atomic E-state index is -0.822. The first-order valence-electron chi connectivity index (χ1n) is 7.38. The van der Waals surface area contributed by atoms with Crippen LogP contribution in [-0.4, -0.2) is 49.1 Å². The van der Waals surface area contributed by atoms with Gasteiger partial charge in [-0.25, -0.2) is 4.79 Å². The first-order valence-corrected chi connectivity index (χ1v) is 7.38. The van der Waals surface area contributed by atoms with Gasteiger partial charge in [0.05, 0.1) is 24.4 Å². The second-order valence-electron chi connectivity index (χ2n) is 6.96. The van der Waals surface area contributed by atoms with E-state index < -0.39 is 11.1 Å². The Morgan fingerprint density at radius 3 is 2.50 bits per heavy atom. The smallest absolute Gasteiger partial charge is 0.329 e. The Kier molecular flexibility index (Phi) is 4.15. The van der Waals surface area contributed by atoms with Crippen molar-refractivity contribution in [1.82, 2.24) is 5.32 Å². The lowest BCUT2D eigenvalue weighted by Crippen LogP contribution is -2.64. The summed E-state index contributed by atoms with van der Waals surface area (Å²) in [6, 6.07) is 0. The summed E-state index contributed by atoms with van der Waals surface area (Å²) in [5, 5.41) is 3.41. The molecule has 2 aliphatic rings. The molecule has 0 aromatic rings. The van der Waals surface area contributed by atoms with E-state index in [0.717, 1.165) is 19.4 Å². The fourth-order valence-electron chi connectivity index (χ4n) is 3.60. The number of hydrogen-bond donors (Lipinski definition) is 1. The molecule has 0 aromatic carbocycles. The quantitative estimate of drug-likeness (QED) is 0.796. The van der Waals surface area contributed by atoms with Gasteiger partial charge in [0, 0.05) is 19.6 Å². The molecule has 2 rings (SSSR count). The van der Waals surface area contributed by atoms with Crippen molar-refractivity contribution >= 4 is 5.97 Å². The molecule has 0 radical (unpaired) electrons. The molecule has 0 saturated carbocycles. The predicted octanol–water partition coefficient (Wildman–Crippen LogP) is 1.64. The number of ether oxygens (including phenoxy) is 3. The molecule has 5 nitrogen and oxygen atoms in total. The highest BCUT2D eigenvalue weighted by atomic mass is 16.6. The van der Waals surface area contributed by atoms with E-state index in [0.29, 0.717) is 13.0 Å². The number of carbonyl (C=O) groups excluding carboxylic acids is 1. The normalized spacial score (nSPS) is 35.1. The van der Waals surface area contributed by atoms with E-state index in [1.807, 2.05) is 27.7 Å². The third-order valence-corrected chi connectivity index (χ3v) is 4.44. The van der Waals surface area contributed by atoms with Gasteiger partial charge in [-0.1, -0.05) is 0 Å². The van der Waals surface area contributed by atoms with Gasteiger partial charge in [-0.15, -0.1) is 0 Å². The van der Waals surface area contributed by atoms with Crippen LogP contribution in [0.4, 0.5) is 0 Å². The van der Waals surface area contributed by atoms with Crippen LogP contribution < -0.4 is 5.32 Å². The molecular weight excluding hydrogens is 258 g/mol. The molecule has 2 atom stereocenters. The van der Waals surface area contributed by atoms with Gasteiger partial charge in [0.25, 0.3) is 0 Å². The predicted molar refractivity (Wildman–Crippen MR) is 75.6 cm³/mol. The van der Waals surface area contributed by atoms with Crippen LogP contribution in [0.3, 0.4) is 0 Å². The first kappa shape index (κ1) is 15.7. The van der Waals surface area contributed by atoms with Crippen LogP contribution in [0.5, 0.6) is 0 Å². The zero-order chi connectivity index (χ0) is 15.0. The highest BCUT2D eigenvalue weighted by Crippen LogP contribution is 2.45. The Bertz CT molecular complexity index is 374. The Morgan fingerprint density at radius 1 is 1.35 bits per heavy atom. The zero-order valence-electron chi connectivity index (χ0n) is 13.2. The van der Waals surface area contributed by atoms with Gasteiger partial charge in [-0.05, 0) is 40.5 Å². The Balaban J connectivity index is 2.19. The summed E-state index contributed by atoms with van der Waals surface area (Å²) in [5.41, 5.74) is -1.80. The van der Waals surface area contributed by atoms with Crippen LogP contribution in [0.15, 0.2) is 0 Å². The first-order chi connectivity index (χ1) is 9.22. The number of methoxy groups -OCH3 is 1. The molecule has 5 heteroatoms. The molecule has 2 fully saturated rings. The number of esters is 1. The summed E-state index contributed by atoms with van der Waals surface area (Å²) in [6.45, 7) is 9.36. The minimum Gasteiger partial charge on any atom is -0.468 e. The number of hydrogen-bond acceptors (Lipinski definition) is 5. The maximum atomic E-state index is 12.4. The molecule has 0 aliphatic carbocycles. The lowest BCUT2D eigenvalue weighted by atomic mass is 9.78. The number of carbonyl (C=O) groups is 1. The molecule has 2 unspecified atom stereocenters. The van der Waals surface area contributed by atoms with E-state index in [1.165, 1.54) is 7.11 Å². The van der Waals surface area contributed by atoms with E-state index in [-0.39, 0.29) is 17.7 Å². The summed E-state index contributed by atoms with van der Waals surface area (Å²) in [6.07, 6.45) is 2.89. The topological polar surface area (TPSA) is 56.8 Å². The summed E-state index contributed by atoms with van der Waals surface area (Å²) >= 11 is 0. The van der Waals surface area contributed by atoms with Crippen molar-refractivity contribution in [3.8, 4) is 0 Å². The molecule has 20 heavy (non-hydrogen) atoms. The van der Waals surface area contributed by atoms with Gasteiger partial charge in [0.2, 0.25) is 0 Å². The maximum absolute atomic E-state index is 12.4. The lowest BCUT2D eigenvalue weighted by molar-refractivity contribution is -0.157. The van der Waals surface area contributed by atoms with Gasteiger partial charge in [0.1, 0.15) is 5.54 Å². The highest BCUT2D eigenvalue weighted by molar-refractivity contribution is 5.83. The highest BCUT2D eigenvalue weighted by Gasteiger charge is 2.62. The van der Waals surface area contributed by atoms with Gasteiger partial charge in [0.15, 0.2) is 0 Å². The number of rotatable bonds is 4. The molecule has 0 spiro atoms. The van der Waals surface area contributed by atoms with Crippen molar-refractivity contribution in [2.24, 2.45) is 0 Å². The van der Waals surface area contributed by atoms with Crippen LogP contribution in [0, 0.1) is 0 Å².